The third-order valence-corrected chi connectivity index (χ3v) is 4.85. The number of rotatable bonds is 9. The van der Waals surface area contributed by atoms with Gasteiger partial charge in [-0.2, -0.15) is 0 Å². The molecule has 8 nitrogen and oxygen atoms in total. The van der Waals surface area contributed by atoms with Crippen LogP contribution in [0.3, 0.4) is 0 Å². The van der Waals surface area contributed by atoms with Gasteiger partial charge in [0, 0.05) is 43.4 Å². The number of urea groups is 1. The fraction of sp³-hybridized carbons (Fsp3) is 0.619. The Morgan fingerprint density at radius 2 is 2.03 bits per heavy atom. The predicted octanol–water partition coefficient (Wildman–Crippen LogP) is 2.06. The van der Waals surface area contributed by atoms with Gasteiger partial charge in [-0.15, -0.1) is 0 Å². The minimum atomic E-state index is -0.211. The van der Waals surface area contributed by atoms with Crippen LogP contribution in [0.15, 0.2) is 29.3 Å². The minimum absolute atomic E-state index is 0.0329. The van der Waals surface area contributed by atoms with Crippen molar-refractivity contribution in [1.82, 2.24) is 16.0 Å². The molecule has 0 bridgehead atoms. The Morgan fingerprint density at radius 3 is 2.62 bits per heavy atom. The number of hydrogen-bond donors (Lipinski definition) is 5. The molecule has 2 rings (SSSR count). The molecular weight excluding hydrogens is 370 g/mol. The van der Waals surface area contributed by atoms with E-state index in [0.717, 1.165) is 43.2 Å². The highest BCUT2D eigenvalue weighted by atomic mass is 16.5. The van der Waals surface area contributed by atoms with E-state index in [1.54, 1.807) is 0 Å². The van der Waals surface area contributed by atoms with Crippen LogP contribution >= 0.6 is 0 Å². The number of hydrogen-bond acceptors (Lipinski definition) is 4. The molecule has 1 aromatic carbocycles. The Bertz CT molecular complexity index is 655. The van der Waals surface area contributed by atoms with Gasteiger partial charge < -0.3 is 31.1 Å². The van der Waals surface area contributed by atoms with Crippen LogP contribution in [0.25, 0.3) is 0 Å². The minimum Gasteiger partial charge on any atom is -0.396 e. The number of anilines is 1. The van der Waals surface area contributed by atoms with E-state index in [9.17, 15) is 9.90 Å². The average Bonchev–Trinajstić information content (AvgIpc) is 3.13. The molecule has 5 N–H and O–H groups in total. The number of nitrogens with one attached hydrogen (secondary N) is 4. The van der Waals surface area contributed by atoms with Gasteiger partial charge in [0.25, 0.3) is 0 Å². The van der Waals surface area contributed by atoms with E-state index in [1.807, 2.05) is 45.0 Å². The van der Waals surface area contributed by atoms with Crippen molar-refractivity contribution >= 4 is 17.7 Å². The molecule has 0 aliphatic carbocycles. The summed E-state index contributed by atoms with van der Waals surface area (Å²) >= 11 is 0. The maximum absolute atomic E-state index is 11.8. The first-order valence-corrected chi connectivity index (χ1v) is 10.3. The summed E-state index contributed by atoms with van der Waals surface area (Å²) in [4.78, 5) is 16.4. The zero-order valence-electron chi connectivity index (χ0n) is 17.8. The van der Waals surface area contributed by atoms with Crippen molar-refractivity contribution in [3.63, 3.8) is 0 Å². The van der Waals surface area contributed by atoms with E-state index in [1.165, 1.54) is 0 Å². The third-order valence-electron chi connectivity index (χ3n) is 4.85. The van der Waals surface area contributed by atoms with Crippen molar-refractivity contribution in [2.75, 3.05) is 38.2 Å². The Kier molecular flexibility index (Phi) is 9.21. The molecule has 29 heavy (non-hydrogen) atoms. The number of aliphatic hydroxyl groups is 1. The van der Waals surface area contributed by atoms with Crippen molar-refractivity contribution < 1.29 is 14.6 Å². The largest absolute Gasteiger partial charge is 0.396 e. The summed E-state index contributed by atoms with van der Waals surface area (Å²) < 4.78 is 5.55. The van der Waals surface area contributed by atoms with Crippen LogP contribution in [-0.2, 0) is 11.3 Å². The Balaban J connectivity index is 1.91. The van der Waals surface area contributed by atoms with E-state index in [2.05, 4.69) is 26.3 Å². The molecule has 1 atom stereocenters. The fourth-order valence-corrected chi connectivity index (χ4v) is 3.22. The lowest BCUT2D eigenvalue weighted by molar-refractivity contribution is 0.127. The van der Waals surface area contributed by atoms with Crippen molar-refractivity contribution in [1.29, 1.82) is 0 Å². The van der Waals surface area contributed by atoms with Gasteiger partial charge >= 0.3 is 6.03 Å². The maximum atomic E-state index is 11.8. The van der Waals surface area contributed by atoms with Crippen LogP contribution < -0.4 is 21.3 Å². The SMILES string of the molecule is CCNC(=NCc1ccc(NC(=O)NC(C)C)cc1)NCC1(CCO)CCOC1. The number of guanidine groups is 1. The summed E-state index contributed by atoms with van der Waals surface area (Å²) in [6.45, 7) is 9.44. The molecule has 1 aliphatic rings. The summed E-state index contributed by atoms with van der Waals surface area (Å²) in [6.07, 6.45) is 1.66. The molecule has 0 radical (unpaired) electrons. The van der Waals surface area contributed by atoms with Crippen LogP contribution in [0.1, 0.15) is 39.2 Å². The van der Waals surface area contributed by atoms with Crippen LogP contribution in [0, 0.1) is 5.41 Å². The van der Waals surface area contributed by atoms with Crippen molar-refractivity contribution in [2.45, 2.75) is 46.2 Å². The lowest BCUT2D eigenvalue weighted by Crippen LogP contribution is -2.44. The molecule has 162 valence electrons. The molecule has 1 saturated heterocycles. The monoisotopic (exact) mass is 405 g/mol. The summed E-state index contributed by atoms with van der Waals surface area (Å²) in [5.74, 6) is 0.746. The number of aliphatic hydroxyl groups excluding tert-OH is 1. The molecule has 0 spiro atoms. The zero-order chi connectivity index (χ0) is 21.1. The molecule has 1 aromatic rings. The zero-order valence-corrected chi connectivity index (χ0v) is 17.8. The van der Waals surface area contributed by atoms with Gasteiger partial charge in [-0.05, 0) is 51.3 Å². The Hall–Kier alpha value is -2.32. The molecule has 1 fully saturated rings. The first kappa shape index (κ1) is 23.0. The standard InChI is InChI=1S/C21H35N5O3/c1-4-22-19(24-14-21(9-11-27)10-12-29-15-21)23-13-17-5-7-18(8-6-17)26-20(28)25-16(2)3/h5-8,16,27H,4,9-15H2,1-3H3,(H2,22,23,24)(H2,25,26,28). The van der Waals surface area contributed by atoms with Crippen LogP contribution in [-0.4, -0.2) is 56.0 Å². The van der Waals surface area contributed by atoms with E-state index >= 15 is 0 Å². The molecule has 8 heteroatoms. The number of carbonyl (C=O) groups is 1. The molecule has 1 heterocycles. The maximum Gasteiger partial charge on any atom is 0.319 e. The van der Waals surface area contributed by atoms with Gasteiger partial charge in [0.1, 0.15) is 0 Å². The molecular formula is C21H35N5O3. The number of aliphatic imine (C=N–C) groups is 1. The lowest BCUT2D eigenvalue weighted by Gasteiger charge is -2.27. The van der Waals surface area contributed by atoms with Crippen LogP contribution in [0.5, 0.6) is 0 Å². The van der Waals surface area contributed by atoms with Gasteiger partial charge in [0.15, 0.2) is 5.96 Å². The van der Waals surface area contributed by atoms with Gasteiger partial charge in [0.05, 0.1) is 13.2 Å². The van der Waals surface area contributed by atoms with Crippen LogP contribution in [0.2, 0.25) is 0 Å². The van der Waals surface area contributed by atoms with E-state index < -0.39 is 0 Å². The third kappa shape index (κ3) is 7.91. The molecule has 0 aromatic heterocycles. The number of benzene rings is 1. The predicted molar refractivity (Wildman–Crippen MR) is 116 cm³/mol. The topological polar surface area (TPSA) is 107 Å². The second kappa shape index (κ2) is 11.6. The fourth-order valence-electron chi connectivity index (χ4n) is 3.22. The smallest absolute Gasteiger partial charge is 0.319 e. The molecule has 0 saturated carbocycles. The van der Waals surface area contributed by atoms with Crippen molar-refractivity contribution in [2.24, 2.45) is 10.4 Å². The van der Waals surface area contributed by atoms with E-state index in [4.69, 9.17) is 4.74 Å². The normalized spacial score (nSPS) is 19.3. The summed E-state index contributed by atoms with van der Waals surface area (Å²) in [5.41, 5.74) is 1.76. The van der Waals surface area contributed by atoms with E-state index in [-0.39, 0.29) is 24.1 Å². The number of carbonyl (C=O) groups excluding carboxylic acids is 1. The first-order valence-electron chi connectivity index (χ1n) is 10.3. The average molecular weight is 406 g/mol. The molecule has 1 unspecified atom stereocenters. The second-order valence-electron chi connectivity index (χ2n) is 7.77. The molecule has 1 aliphatic heterocycles. The van der Waals surface area contributed by atoms with Gasteiger partial charge in [0.2, 0.25) is 0 Å². The van der Waals surface area contributed by atoms with Crippen molar-refractivity contribution in [3.05, 3.63) is 29.8 Å². The lowest BCUT2D eigenvalue weighted by atomic mass is 9.84. The van der Waals surface area contributed by atoms with Gasteiger partial charge in [-0.25, -0.2) is 9.79 Å². The van der Waals surface area contributed by atoms with E-state index in [0.29, 0.717) is 19.7 Å². The summed E-state index contributed by atoms with van der Waals surface area (Å²) in [6, 6.07) is 7.53. The Morgan fingerprint density at radius 1 is 1.28 bits per heavy atom. The highest BCUT2D eigenvalue weighted by Crippen LogP contribution is 2.31. The first-order chi connectivity index (χ1) is 14.0. The highest BCUT2D eigenvalue weighted by Gasteiger charge is 2.34. The Labute approximate surface area is 173 Å². The van der Waals surface area contributed by atoms with Crippen molar-refractivity contribution in [3.8, 4) is 0 Å². The number of ether oxygens (including phenoxy) is 1. The van der Waals surface area contributed by atoms with Crippen LogP contribution in [0.4, 0.5) is 10.5 Å². The second-order valence-corrected chi connectivity index (χ2v) is 7.77. The molecule has 2 amide bonds. The summed E-state index contributed by atoms with van der Waals surface area (Å²) in [7, 11) is 0. The van der Waals surface area contributed by atoms with Gasteiger partial charge in [-0.3, -0.25) is 0 Å². The number of amides is 2. The highest BCUT2D eigenvalue weighted by molar-refractivity contribution is 5.89. The quantitative estimate of drug-likeness (QED) is 0.319. The number of nitrogens with zero attached hydrogens (tertiary/aromatic N) is 1. The summed E-state index contributed by atoms with van der Waals surface area (Å²) in [5, 5.41) is 21.6. The van der Waals surface area contributed by atoms with Gasteiger partial charge in [-0.1, -0.05) is 12.1 Å².